The van der Waals surface area contributed by atoms with Crippen LogP contribution >= 0.6 is 11.6 Å². The predicted octanol–water partition coefficient (Wildman–Crippen LogP) is 3.40. The third kappa shape index (κ3) is 2.12. The Morgan fingerprint density at radius 3 is 2.78 bits per heavy atom. The summed E-state index contributed by atoms with van der Waals surface area (Å²) in [6.07, 6.45) is 4.74. The molecule has 0 aromatic heterocycles. The monoisotopic (exact) mass is 267 g/mol. The minimum atomic E-state index is -0.553. The van der Waals surface area contributed by atoms with Gasteiger partial charge in [0.1, 0.15) is 5.82 Å². The number of fused-ring (bicyclic) bond motifs is 2. The third-order valence-corrected chi connectivity index (χ3v) is 4.47. The van der Waals surface area contributed by atoms with Crippen LogP contribution in [0.5, 0.6) is 0 Å². The molecule has 2 saturated carbocycles. The molecule has 0 spiro atoms. The molecule has 2 nitrogen and oxygen atoms in total. The van der Waals surface area contributed by atoms with E-state index in [1.54, 1.807) is 6.07 Å². The van der Waals surface area contributed by atoms with Gasteiger partial charge in [-0.15, -0.1) is 0 Å². The van der Waals surface area contributed by atoms with E-state index in [0.717, 1.165) is 12.3 Å². The van der Waals surface area contributed by atoms with E-state index in [-0.39, 0.29) is 17.5 Å². The lowest BCUT2D eigenvalue weighted by atomic mass is 9.95. The van der Waals surface area contributed by atoms with Crippen molar-refractivity contribution >= 4 is 17.5 Å². The molecule has 0 radical (unpaired) electrons. The highest BCUT2D eigenvalue weighted by Gasteiger charge is 2.40. The molecule has 0 heterocycles. The molecule has 1 aromatic rings. The number of hydrogen-bond acceptors (Lipinski definition) is 1. The van der Waals surface area contributed by atoms with Crippen molar-refractivity contribution in [3.63, 3.8) is 0 Å². The van der Waals surface area contributed by atoms with Crippen LogP contribution in [0.15, 0.2) is 18.2 Å². The van der Waals surface area contributed by atoms with E-state index in [1.807, 2.05) is 0 Å². The normalized spacial score (nSPS) is 29.6. The standard InChI is InChI=1S/C14H15ClFNO/c15-10-3-4-11(12(16)7-10)14(18)17-13-6-8-1-2-9(13)5-8/h3-4,7-9,13H,1-2,5-6H2,(H,17,18)/t8-,9+,13+/m0/s1. The zero-order valence-electron chi connectivity index (χ0n) is 9.96. The first-order valence-corrected chi connectivity index (χ1v) is 6.77. The smallest absolute Gasteiger partial charge is 0.254 e. The maximum absolute atomic E-state index is 13.6. The molecule has 0 unspecified atom stereocenters. The van der Waals surface area contributed by atoms with Gasteiger partial charge in [0.2, 0.25) is 0 Å². The van der Waals surface area contributed by atoms with Gasteiger partial charge in [-0.25, -0.2) is 4.39 Å². The molecular formula is C14H15ClFNO. The molecule has 18 heavy (non-hydrogen) atoms. The summed E-state index contributed by atoms with van der Waals surface area (Å²) < 4.78 is 13.6. The number of carbonyl (C=O) groups is 1. The summed E-state index contributed by atoms with van der Waals surface area (Å²) in [5.74, 6) is 0.481. The minimum absolute atomic E-state index is 0.0853. The van der Waals surface area contributed by atoms with Crippen molar-refractivity contribution in [3.8, 4) is 0 Å². The summed E-state index contributed by atoms with van der Waals surface area (Å²) in [6, 6.07) is 4.39. The Balaban J connectivity index is 1.71. The molecule has 3 rings (SSSR count). The van der Waals surface area contributed by atoms with E-state index in [9.17, 15) is 9.18 Å². The number of benzene rings is 1. The van der Waals surface area contributed by atoms with Gasteiger partial charge in [-0.2, -0.15) is 0 Å². The molecule has 2 aliphatic rings. The van der Waals surface area contributed by atoms with Gasteiger partial charge in [-0.05, 0) is 49.3 Å². The molecule has 2 fully saturated rings. The second-order valence-corrected chi connectivity index (χ2v) is 5.82. The minimum Gasteiger partial charge on any atom is -0.349 e. The fourth-order valence-electron chi connectivity index (χ4n) is 3.34. The summed E-state index contributed by atoms with van der Waals surface area (Å²) in [5.41, 5.74) is 0.0853. The summed E-state index contributed by atoms with van der Waals surface area (Å²) in [7, 11) is 0. The first-order chi connectivity index (χ1) is 8.63. The van der Waals surface area contributed by atoms with Crippen LogP contribution in [0, 0.1) is 17.7 Å². The van der Waals surface area contributed by atoms with Crippen LogP contribution in [-0.2, 0) is 0 Å². The van der Waals surface area contributed by atoms with Crippen LogP contribution in [0.2, 0.25) is 5.02 Å². The van der Waals surface area contributed by atoms with Crippen molar-refractivity contribution in [1.82, 2.24) is 5.32 Å². The molecule has 96 valence electrons. The highest BCUT2D eigenvalue weighted by Crippen LogP contribution is 2.44. The number of amides is 1. The summed E-state index contributed by atoms with van der Waals surface area (Å²) >= 11 is 5.67. The van der Waals surface area contributed by atoms with Crippen LogP contribution in [0.25, 0.3) is 0 Å². The maximum atomic E-state index is 13.6. The quantitative estimate of drug-likeness (QED) is 0.874. The highest BCUT2D eigenvalue weighted by molar-refractivity contribution is 6.30. The van der Waals surface area contributed by atoms with Crippen LogP contribution in [0.4, 0.5) is 4.39 Å². The van der Waals surface area contributed by atoms with Gasteiger partial charge in [-0.1, -0.05) is 18.0 Å². The number of rotatable bonds is 2. The van der Waals surface area contributed by atoms with Crippen molar-refractivity contribution in [2.24, 2.45) is 11.8 Å². The fraction of sp³-hybridized carbons (Fsp3) is 0.500. The van der Waals surface area contributed by atoms with Crippen molar-refractivity contribution in [2.75, 3.05) is 0 Å². The molecule has 0 saturated heterocycles. The lowest BCUT2D eigenvalue weighted by Crippen LogP contribution is -2.38. The largest absolute Gasteiger partial charge is 0.349 e. The Labute approximate surface area is 111 Å². The number of halogens is 2. The molecule has 4 heteroatoms. The van der Waals surface area contributed by atoms with Crippen LogP contribution in [-0.4, -0.2) is 11.9 Å². The van der Waals surface area contributed by atoms with Gasteiger partial charge in [0, 0.05) is 11.1 Å². The summed E-state index contributed by atoms with van der Waals surface area (Å²) in [6.45, 7) is 0. The summed E-state index contributed by atoms with van der Waals surface area (Å²) in [5, 5.41) is 3.27. The Bertz CT molecular complexity index is 491. The summed E-state index contributed by atoms with van der Waals surface area (Å²) in [4.78, 5) is 12.0. The van der Waals surface area contributed by atoms with Gasteiger partial charge in [0.15, 0.2) is 0 Å². The zero-order chi connectivity index (χ0) is 12.7. The average molecular weight is 268 g/mol. The number of hydrogen-bond donors (Lipinski definition) is 1. The van der Waals surface area contributed by atoms with Gasteiger partial charge in [0.05, 0.1) is 5.56 Å². The van der Waals surface area contributed by atoms with Gasteiger partial charge in [-0.3, -0.25) is 4.79 Å². The van der Waals surface area contributed by atoms with E-state index in [0.29, 0.717) is 10.9 Å². The Morgan fingerprint density at radius 1 is 1.33 bits per heavy atom. The predicted molar refractivity (Wildman–Crippen MR) is 68.1 cm³/mol. The average Bonchev–Trinajstić information content (AvgIpc) is 2.90. The molecule has 1 amide bonds. The molecular weight excluding hydrogens is 253 g/mol. The van der Waals surface area contributed by atoms with E-state index < -0.39 is 5.82 Å². The van der Waals surface area contributed by atoms with Crippen LogP contribution in [0.1, 0.15) is 36.0 Å². The third-order valence-electron chi connectivity index (χ3n) is 4.23. The van der Waals surface area contributed by atoms with Crippen molar-refractivity contribution in [2.45, 2.75) is 31.7 Å². The van der Waals surface area contributed by atoms with E-state index in [4.69, 9.17) is 11.6 Å². The van der Waals surface area contributed by atoms with Crippen LogP contribution in [0.3, 0.4) is 0 Å². The molecule has 1 aromatic carbocycles. The molecule has 2 aliphatic carbocycles. The lowest BCUT2D eigenvalue weighted by Gasteiger charge is -2.23. The zero-order valence-corrected chi connectivity index (χ0v) is 10.7. The second-order valence-electron chi connectivity index (χ2n) is 5.38. The lowest BCUT2D eigenvalue weighted by molar-refractivity contribution is 0.0919. The highest BCUT2D eigenvalue weighted by atomic mass is 35.5. The van der Waals surface area contributed by atoms with E-state index >= 15 is 0 Å². The van der Waals surface area contributed by atoms with Crippen molar-refractivity contribution in [3.05, 3.63) is 34.6 Å². The van der Waals surface area contributed by atoms with Gasteiger partial charge < -0.3 is 5.32 Å². The van der Waals surface area contributed by atoms with Crippen LogP contribution < -0.4 is 5.32 Å². The fourth-order valence-corrected chi connectivity index (χ4v) is 3.50. The molecule has 1 N–H and O–H groups in total. The first-order valence-electron chi connectivity index (χ1n) is 6.39. The topological polar surface area (TPSA) is 29.1 Å². The maximum Gasteiger partial charge on any atom is 0.254 e. The van der Waals surface area contributed by atoms with Crippen molar-refractivity contribution < 1.29 is 9.18 Å². The number of carbonyl (C=O) groups excluding carboxylic acids is 1. The van der Waals surface area contributed by atoms with Gasteiger partial charge in [0.25, 0.3) is 5.91 Å². The molecule has 0 aliphatic heterocycles. The SMILES string of the molecule is O=C(N[C@@H]1C[C@H]2CC[C@@H]1C2)c1ccc(Cl)cc1F. The van der Waals surface area contributed by atoms with Crippen molar-refractivity contribution in [1.29, 1.82) is 0 Å². The number of nitrogens with one attached hydrogen (secondary N) is 1. The Hall–Kier alpha value is -1.09. The Morgan fingerprint density at radius 2 is 2.17 bits per heavy atom. The van der Waals surface area contributed by atoms with E-state index in [2.05, 4.69) is 5.32 Å². The van der Waals surface area contributed by atoms with Gasteiger partial charge >= 0.3 is 0 Å². The Kier molecular flexibility index (Phi) is 3.02. The first kappa shape index (κ1) is 12.0. The molecule has 3 atom stereocenters. The molecule has 2 bridgehead atoms. The second kappa shape index (κ2) is 4.54. The van der Waals surface area contributed by atoms with E-state index in [1.165, 1.54) is 31.4 Å².